The van der Waals surface area contributed by atoms with Gasteiger partial charge in [-0.1, -0.05) is 6.07 Å². The van der Waals surface area contributed by atoms with Crippen LogP contribution in [0.3, 0.4) is 0 Å². The number of aryl methyl sites for hydroxylation is 2. The first kappa shape index (κ1) is 15.6. The summed E-state index contributed by atoms with van der Waals surface area (Å²) in [5.41, 5.74) is 2.38. The summed E-state index contributed by atoms with van der Waals surface area (Å²) in [6, 6.07) is 9.59. The lowest BCUT2D eigenvalue weighted by molar-refractivity contribution is 0.0922. The minimum absolute atomic E-state index is 0.0601. The molecule has 22 heavy (non-hydrogen) atoms. The highest BCUT2D eigenvalue weighted by Crippen LogP contribution is 2.16. The predicted molar refractivity (Wildman–Crippen MR) is 79.1 cm³/mol. The van der Waals surface area contributed by atoms with Crippen molar-refractivity contribution < 1.29 is 9.84 Å². The Bertz CT molecular complexity index is 732. The van der Waals surface area contributed by atoms with Crippen LogP contribution in [0.1, 0.15) is 22.5 Å². The fourth-order valence-electron chi connectivity index (χ4n) is 2.21. The van der Waals surface area contributed by atoms with Gasteiger partial charge in [0.15, 0.2) is 11.4 Å². The Kier molecular flexibility index (Phi) is 4.77. The van der Waals surface area contributed by atoms with E-state index in [0.29, 0.717) is 5.75 Å². The SMILES string of the molecule is Cc1cc(C)cc(OCC(O)Cn2cnc(C#N)c2C#N)c1. The van der Waals surface area contributed by atoms with Crippen molar-refractivity contribution in [1.82, 2.24) is 9.55 Å². The van der Waals surface area contributed by atoms with Gasteiger partial charge in [-0.2, -0.15) is 10.5 Å². The van der Waals surface area contributed by atoms with Crippen LogP contribution in [0.4, 0.5) is 0 Å². The zero-order valence-electron chi connectivity index (χ0n) is 12.4. The van der Waals surface area contributed by atoms with E-state index in [9.17, 15) is 5.11 Å². The van der Waals surface area contributed by atoms with Gasteiger partial charge in [0.2, 0.25) is 0 Å². The molecule has 1 aromatic carbocycles. The largest absolute Gasteiger partial charge is 0.491 e. The molecule has 112 valence electrons. The molecule has 0 bridgehead atoms. The zero-order chi connectivity index (χ0) is 16.1. The molecule has 0 saturated carbocycles. The second-order valence-corrected chi connectivity index (χ2v) is 5.11. The van der Waals surface area contributed by atoms with Gasteiger partial charge >= 0.3 is 0 Å². The minimum atomic E-state index is -0.811. The number of imidazole rings is 1. The summed E-state index contributed by atoms with van der Waals surface area (Å²) in [4.78, 5) is 3.83. The van der Waals surface area contributed by atoms with Gasteiger partial charge in [0.05, 0.1) is 12.9 Å². The average molecular weight is 296 g/mol. The molecular formula is C16H16N4O2. The summed E-state index contributed by atoms with van der Waals surface area (Å²) >= 11 is 0. The lowest BCUT2D eigenvalue weighted by Crippen LogP contribution is -2.24. The van der Waals surface area contributed by atoms with E-state index in [0.717, 1.165) is 11.1 Å². The number of nitriles is 2. The fourth-order valence-corrected chi connectivity index (χ4v) is 2.21. The number of rotatable bonds is 5. The average Bonchev–Trinajstić information content (AvgIpc) is 2.86. The van der Waals surface area contributed by atoms with E-state index in [1.807, 2.05) is 44.2 Å². The van der Waals surface area contributed by atoms with Gasteiger partial charge in [0, 0.05) is 0 Å². The quantitative estimate of drug-likeness (QED) is 0.905. The van der Waals surface area contributed by atoms with Crippen molar-refractivity contribution in [1.29, 1.82) is 10.5 Å². The summed E-state index contributed by atoms with van der Waals surface area (Å²) in [7, 11) is 0. The van der Waals surface area contributed by atoms with Crippen LogP contribution >= 0.6 is 0 Å². The Balaban J connectivity index is 1.99. The van der Waals surface area contributed by atoms with Crippen molar-refractivity contribution in [3.05, 3.63) is 47.0 Å². The number of nitrogens with zero attached hydrogens (tertiary/aromatic N) is 4. The molecule has 2 rings (SSSR count). The van der Waals surface area contributed by atoms with Crippen molar-refractivity contribution in [2.45, 2.75) is 26.5 Å². The maximum Gasteiger partial charge on any atom is 0.176 e. The Hall–Kier alpha value is -2.83. The van der Waals surface area contributed by atoms with Gasteiger partial charge in [-0.3, -0.25) is 0 Å². The maximum atomic E-state index is 10.0. The molecule has 2 aromatic rings. The fraction of sp³-hybridized carbons (Fsp3) is 0.312. The molecule has 0 amide bonds. The first-order valence-electron chi connectivity index (χ1n) is 6.78. The molecule has 1 aromatic heterocycles. The topological polar surface area (TPSA) is 94.9 Å². The lowest BCUT2D eigenvalue weighted by atomic mass is 10.1. The first-order chi connectivity index (χ1) is 10.5. The third-order valence-electron chi connectivity index (χ3n) is 3.09. The number of aromatic nitrogens is 2. The van der Waals surface area contributed by atoms with Crippen LogP contribution in [0.15, 0.2) is 24.5 Å². The van der Waals surface area contributed by atoms with Crippen LogP contribution in [0, 0.1) is 36.5 Å². The van der Waals surface area contributed by atoms with Crippen LogP contribution in [-0.2, 0) is 6.54 Å². The van der Waals surface area contributed by atoms with E-state index in [1.165, 1.54) is 10.9 Å². The highest BCUT2D eigenvalue weighted by molar-refractivity contribution is 5.36. The van der Waals surface area contributed by atoms with E-state index in [4.69, 9.17) is 15.3 Å². The van der Waals surface area contributed by atoms with Crippen LogP contribution in [0.2, 0.25) is 0 Å². The molecule has 6 nitrogen and oxygen atoms in total. The van der Waals surface area contributed by atoms with Crippen molar-refractivity contribution >= 4 is 0 Å². The lowest BCUT2D eigenvalue weighted by Gasteiger charge is -2.14. The predicted octanol–water partition coefficient (Wildman–Crippen LogP) is 1.68. The molecule has 1 N–H and O–H groups in total. The molecule has 6 heteroatoms. The van der Waals surface area contributed by atoms with E-state index in [-0.39, 0.29) is 24.5 Å². The normalized spacial score (nSPS) is 11.5. The number of hydrogen-bond acceptors (Lipinski definition) is 5. The molecule has 0 radical (unpaired) electrons. The van der Waals surface area contributed by atoms with Gasteiger partial charge in [0.1, 0.15) is 30.6 Å². The van der Waals surface area contributed by atoms with E-state index >= 15 is 0 Å². The van der Waals surface area contributed by atoms with Gasteiger partial charge < -0.3 is 14.4 Å². The summed E-state index contributed by atoms with van der Waals surface area (Å²) in [6.45, 7) is 4.19. The van der Waals surface area contributed by atoms with Crippen LogP contribution < -0.4 is 4.74 Å². The van der Waals surface area contributed by atoms with Gasteiger partial charge in [-0.15, -0.1) is 0 Å². The molecule has 1 unspecified atom stereocenters. The second kappa shape index (κ2) is 6.75. The van der Waals surface area contributed by atoms with E-state index in [2.05, 4.69) is 4.98 Å². The smallest absolute Gasteiger partial charge is 0.176 e. The van der Waals surface area contributed by atoms with E-state index in [1.54, 1.807) is 0 Å². The van der Waals surface area contributed by atoms with Gasteiger partial charge in [-0.25, -0.2) is 4.98 Å². The van der Waals surface area contributed by atoms with E-state index < -0.39 is 6.10 Å². The molecule has 0 aliphatic rings. The monoisotopic (exact) mass is 296 g/mol. The molecule has 0 aliphatic heterocycles. The van der Waals surface area contributed by atoms with Crippen molar-refractivity contribution in [2.75, 3.05) is 6.61 Å². The van der Waals surface area contributed by atoms with Crippen LogP contribution in [0.25, 0.3) is 0 Å². The number of ether oxygens (including phenoxy) is 1. The molecule has 1 heterocycles. The number of aliphatic hydroxyl groups excluding tert-OH is 1. The van der Waals surface area contributed by atoms with Gasteiger partial charge in [-0.05, 0) is 37.1 Å². The van der Waals surface area contributed by atoms with Crippen molar-refractivity contribution in [2.24, 2.45) is 0 Å². The molecule has 1 atom stereocenters. The van der Waals surface area contributed by atoms with Crippen molar-refractivity contribution in [3.63, 3.8) is 0 Å². The molecule has 0 saturated heterocycles. The second-order valence-electron chi connectivity index (χ2n) is 5.11. The zero-order valence-corrected chi connectivity index (χ0v) is 12.4. The minimum Gasteiger partial charge on any atom is -0.491 e. The number of aliphatic hydroxyl groups is 1. The van der Waals surface area contributed by atoms with Crippen molar-refractivity contribution in [3.8, 4) is 17.9 Å². The highest BCUT2D eigenvalue weighted by atomic mass is 16.5. The molecular weight excluding hydrogens is 280 g/mol. The Labute approximate surface area is 128 Å². The Morgan fingerprint density at radius 1 is 1.23 bits per heavy atom. The standard InChI is InChI=1S/C16H16N4O2/c1-11-3-12(2)5-14(4-11)22-9-13(21)8-20-10-19-15(6-17)16(20)7-18/h3-5,10,13,21H,8-9H2,1-2H3. The number of benzene rings is 1. The third kappa shape index (κ3) is 3.63. The summed E-state index contributed by atoms with van der Waals surface area (Å²) in [5.74, 6) is 0.695. The molecule has 0 aliphatic carbocycles. The highest BCUT2D eigenvalue weighted by Gasteiger charge is 2.14. The first-order valence-corrected chi connectivity index (χ1v) is 6.78. The van der Waals surface area contributed by atoms with Crippen LogP contribution in [-0.4, -0.2) is 27.4 Å². The summed E-state index contributed by atoms with van der Waals surface area (Å²) in [5, 5.41) is 27.9. The summed E-state index contributed by atoms with van der Waals surface area (Å²) in [6.07, 6.45) is 0.561. The number of hydrogen-bond donors (Lipinski definition) is 1. The molecule has 0 spiro atoms. The molecule has 0 fully saturated rings. The maximum absolute atomic E-state index is 10.0. The van der Waals surface area contributed by atoms with Crippen LogP contribution in [0.5, 0.6) is 5.75 Å². The third-order valence-corrected chi connectivity index (χ3v) is 3.09. The Morgan fingerprint density at radius 3 is 2.50 bits per heavy atom. The van der Waals surface area contributed by atoms with Gasteiger partial charge in [0.25, 0.3) is 0 Å². The Morgan fingerprint density at radius 2 is 1.91 bits per heavy atom. The summed E-state index contributed by atoms with van der Waals surface area (Å²) < 4.78 is 7.03.